The SMILES string of the molecule is c1ccc(N(c2ccc3c(c2)sc2cccc(C4(c5ccccc5)c5ccccc5-c5ccccc54)c23)c2cccc3ccccc23)cc1. The molecule has 8 aromatic carbocycles. The summed E-state index contributed by atoms with van der Waals surface area (Å²) < 4.78 is 2.59. The van der Waals surface area contributed by atoms with Crippen LogP contribution < -0.4 is 4.90 Å². The average Bonchev–Trinajstić information content (AvgIpc) is 3.70. The summed E-state index contributed by atoms with van der Waals surface area (Å²) in [7, 11) is 0. The first-order valence-electron chi connectivity index (χ1n) is 16.9. The van der Waals surface area contributed by atoms with Crippen molar-refractivity contribution in [3.05, 3.63) is 210 Å². The maximum Gasteiger partial charge on any atom is 0.0720 e. The van der Waals surface area contributed by atoms with Crippen LogP contribution in [0.25, 0.3) is 42.1 Å². The summed E-state index contributed by atoms with van der Waals surface area (Å²) in [5, 5.41) is 5.09. The summed E-state index contributed by atoms with van der Waals surface area (Å²) in [5.41, 5.74) is 11.0. The third-order valence-corrected chi connectivity index (χ3v) is 11.4. The number of benzene rings is 8. The van der Waals surface area contributed by atoms with Crippen molar-refractivity contribution in [3.63, 3.8) is 0 Å². The molecule has 0 saturated carbocycles. The van der Waals surface area contributed by atoms with Crippen LogP contribution in [0, 0.1) is 0 Å². The van der Waals surface area contributed by atoms with Crippen molar-refractivity contribution < 1.29 is 0 Å². The third kappa shape index (κ3) is 4.11. The molecule has 0 unspecified atom stereocenters. The van der Waals surface area contributed by atoms with Crippen molar-refractivity contribution in [1.29, 1.82) is 0 Å². The van der Waals surface area contributed by atoms with Crippen LogP contribution in [-0.4, -0.2) is 0 Å². The lowest BCUT2D eigenvalue weighted by molar-refractivity contribution is 0.777. The Labute approximate surface area is 290 Å². The van der Waals surface area contributed by atoms with E-state index in [1.54, 1.807) is 0 Å². The summed E-state index contributed by atoms with van der Waals surface area (Å²) in [5.74, 6) is 0. The van der Waals surface area contributed by atoms with E-state index in [4.69, 9.17) is 0 Å². The van der Waals surface area contributed by atoms with Crippen molar-refractivity contribution in [1.82, 2.24) is 0 Å². The highest BCUT2D eigenvalue weighted by atomic mass is 32.1. The standard InChI is InChI=1S/C47H31NS/c1-3-17-33(18-4-1)47(40-24-11-9-22-37(40)38-23-10-12-25-41(38)47)42-26-14-28-44-46(42)39-30-29-35(31-45(39)49-44)48(34-19-5-2-6-20-34)43-27-13-16-32-15-7-8-21-36(32)43/h1-31H. The van der Waals surface area contributed by atoms with E-state index in [2.05, 4.69) is 193 Å². The van der Waals surface area contributed by atoms with Gasteiger partial charge in [0.1, 0.15) is 0 Å². The first-order chi connectivity index (χ1) is 24.3. The molecule has 1 aliphatic rings. The molecule has 0 radical (unpaired) electrons. The summed E-state index contributed by atoms with van der Waals surface area (Å²) in [6.45, 7) is 0. The molecule has 9 aromatic rings. The molecule has 0 fully saturated rings. The second-order valence-corrected chi connectivity index (χ2v) is 13.9. The molecular weight excluding hydrogens is 611 g/mol. The lowest BCUT2D eigenvalue weighted by atomic mass is 9.66. The maximum atomic E-state index is 2.40. The second-order valence-electron chi connectivity index (χ2n) is 12.8. The number of rotatable bonds is 5. The van der Waals surface area contributed by atoms with E-state index in [-0.39, 0.29) is 0 Å². The van der Waals surface area contributed by atoms with Gasteiger partial charge < -0.3 is 4.90 Å². The number of nitrogens with zero attached hydrogens (tertiary/aromatic N) is 1. The monoisotopic (exact) mass is 641 g/mol. The molecule has 10 rings (SSSR count). The van der Waals surface area contributed by atoms with E-state index >= 15 is 0 Å². The van der Waals surface area contributed by atoms with Gasteiger partial charge in [0, 0.05) is 36.9 Å². The Morgan fingerprint density at radius 2 is 1.02 bits per heavy atom. The fourth-order valence-corrected chi connectivity index (χ4v) is 9.52. The van der Waals surface area contributed by atoms with Crippen molar-refractivity contribution >= 4 is 59.3 Å². The molecule has 1 heterocycles. The van der Waals surface area contributed by atoms with Crippen LogP contribution in [0.5, 0.6) is 0 Å². The Hall–Kier alpha value is -5.96. The highest BCUT2D eigenvalue weighted by molar-refractivity contribution is 7.25. The Morgan fingerprint density at radius 1 is 0.408 bits per heavy atom. The zero-order valence-corrected chi connectivity index (χ0v) is 27.6. The van der Waals surface area contributed by atoms with Gasteiger partial charge in [0.15, 0.2) is 0 Å². The van der Waals surface area contributed by atoms with Crippen molar-refractivity contribution in [2.75, 3.05) is 4.90 Å². The fraction of sp³-hybridized carbons (Fsp3) is 0.0213. The molecule has 230 valence electrons. The van der Waals surface area contributed by atoms with Crippen LogP contribution in [0.4, 0.5) is 17.1 Å². The molecule has 2 heteroatoms. The zero-order valence-electron chi connectivity index (χ0n) is 26.8. The van der Waals surface area contributed by atoms with Gasteiger partial charge >= 0.3 is 0 Å². The van der Waals surface area contributed by atoms with E-state index < -0.39 is 5.41 Å². The molecule has 0 saturated heterocycles. The van der Waals surface area contributed by atoms with E-state index in [1.165, 1.54) is 70.0 Å². The highest BCUT2D eigenvalue weighted by Crippen LogP contribution is 2.58. The van der Waals surface area contributed by atoms with Crippen molar-refractivity contribution in [2.45, 2.75) is 5.41 Å². The van der Waals surface area contributed by atoms with Crippen LogP contribution in [-0.2, 0) is 5.41 Å². The smallest absolute Gasteiger partial charge is 0.0720 e. The van der Waals surface area contributed by atoms with Crippen LogP contribution in [0.1, 0.15) is 22.3 Å². The van der Waals surface area contributed by atoms with Gasteiger partial charge in [-0.15, -0.1) is 11.3 Å². The highest BCUT2D eigenvalue weighted by Gasteiger charge is 2.46. The minimum absolute atomic E-state index is 0.445. The van der Waals surface area contributed by atoms with Gasteiger partial charge in [-0.2, -0.15) is 0 Å². The second kappa shape index (κ2) is 11.1. The summed E-state index contributed by atoms with van der Waals surface area (Å²) in [6.07, 6.45) is 0. The minimum Gasteiger partial charge on any atom is -0.310 e. The number of hydrogen-bond acceptors (Lipinski definition) is 2. The van der Waals surface area contributed by atoms with Gasteiger partial charge in [-0.1, -0.05) is 152 Å². The third-order valence-electron chi connectivity index (χ3n) is 10.3. The largest absolute Gasteiger partial charge is 0.310 e. The molecule has 1 aliphatic carbocycles. The summed E-state index contributed by atoms with van der Waals surface area (Å²) in [4.78, 5) is 2.40. The molecule has 0 aliphatic heterocycles. The van der Waals surface area contributed by atoms with Gasteiger partial charge in [-0.05, 0) is 75.2 Å². The van der Waals surface area contributed by atoms with E-state index in [0.717, 1.165) is 11.4 Å². The van der Waals surface area contributed by atoms with Crippen molar-refractivity contribution in [2.24, 2.45) is 0 Å². The first-order valence-corrected chi connectivity index (χ1v) is 17.7. The summed E-state index contributed by atoms with van der Waals surface area (Å²) >= 11 is 1.89. The van der Waals surface area contributed by atoms with Gasteiger partial charge in [-0.25, -0.2) is 0 Å². The average molecular weight is 642 g/mol. The number of hydrogen-bond donors (Lipinski definition) is 0. The number of para-hydroxylation sites is 1. The topological polar surface area (TPSA) is 3.24 Å². The maximum absolute atomic E-state index is 2.40. The van der Waals surface area contributed by atoms with E-state index in [1.807, 2.05) is 11.3 Å². The van der Waals surface area contributed by atoms with Crippen LogP contribution in [0.3, 0.4) is 0 Å². The fourth-order valence-electron chi connectivity index (χ4n) is 8.35. The number of thiophene rings is 1. The van der Waals surface area contributed by atoms with Gasteiger partial charge in [-0.3, -0.25) is 0 Å². The molecule has 49 heavy (non-hydrogen) atoms. The number of fused-ring (bicyclic) bond motifs is 7. The molecule has 1 nitrogen and oxygen atoms in total. The Kier molecular flexibility index (Phi) is 6.34. The van der Waals surface area contributed by atoms with Crippen LogP contribution in [0.2, 0.25) is 0 Å². The molecule has 0 spiro atoms. The van der Waals surface area contributed by atoms with Gasteiger partial charge in [0.05, 0.1) is 11.1 Å². The van der Waals surface area contributed by atoms with E-state index in [9.17, 15) is 0 Å². The predicted octanol–water partition coefficient (Wildman–Crippen LogP) is 13.0. The minimum atomic E-state index is -0.445. The van der Waals surface area contributed by atoms with Gasteiger partial charge in [0.2, 0.25) is 0 Å². The molecule has 0 atom stereocenters. The lowest BCUT2D eigenvalue weighted by Gasteiger charge is -2.34. The molecule has 1 aromatic heterocycles. The summed E-state index contributed by atoms with van der Waals surface area (Å²) in [6, 6.07) is 69.1. The van der Waals surface area contributed by atoms with Crippen LogP contribution >= 0.6 is 11.3 Å². The lowest BCUT2D eigenvalue weighted by Crippen LogP contribution is -2.28. The number of anilines is 3. The predicted molar refractivity (Wildman–Crippen MR) is 209 cm³/mol. The Bertz CT molecular complexity index is 2620. The first kappa shape index (κ1) is 28.1. The normalized spacial score (nSPS) is 13.1. The Morgan fingerprint density at radius 3 is 1.80 bits per heavy atom. The van der Waals surface area contributed by atoms with Crippen molar-refractivity contribution in [3.8, 4) is 11.1 Å². The molecule has 0 bridgehead atoms. The molecular formula is C47H31NS. The Balaban J connectivity index is 1.25. The van der Waals surface area contributed by atoms with Gasteiger partial charge in [0.25, 0.3) is 0 Å². The quantitative estimate of drug-likeness (QED) is 0.181. The van der Waals surface area contributed by atoms with E-state index in [0.29, 0.717) is 0 Å². The molecule has 0 N–H and O–H groups in total. The van der Waals surface area contributed by atoms with Crippen LogP contribution in [0.15, 0.2) is 188 Å². The zero-order chi connectivity index (χ0) is 32.4. The molecule has 0 amide bonds.